The zero-order valence-electron chi connectivity index (χ0n) is 14.4. The molecule has 0 bridgehead atoms. The van der Waals surface area contributed by atoms with Crippen LogP contribution in [0.2, 0.25) is 0 Å². The predicted octanol–water partition coefficient (Wildman–Crippen LogP) is 1.16. The fourth-order valence-corrected chi connectivity index (χ4v) is 5.06. The third kappa shape index (κ3) is 5.39. The number of methoxy groups -OCH3 is 1. The number of sulfonamides is 2. The highest BCUT2D eigenvalue weighted by Crippen LogP contribution is 2.18. The molecule has 0 saturated heterocycles. The van der Waals surface area contributed by atoms with E-state index < -0.39 is 26.0 Å². The van der Waals surface area contributed by atoms with E-state index in [1.54, 1.807) is 10.2 Å². The van der Waals surface area contributed by atoms with Gasteiger partial charge in [-0.1, -0.05) is 18.7 Å². The number of amides is 1. The van der Waals surface area contributed by atoms with Crippen molar-refractivity contribution in [3.63, 3.8) is 0 Å². The molecule has 10 heteroatoms. The summed E-state index contributed by atoms with van der Waals surface area (Å²) in [5.74, 6) is 0.0227. The molecular formula is C17H18N2O6S2. The third-order valence-electron chi connectivity index (χ3n) is 3.45. The average molecular weight is 410 g/mol. The Kier molecular flexibility index (Phi) is 6.37. The molecular weight excluding hydrogens is 392 g/mol. The lowest BCUT2D eigenvalue weighted by atomic mass is 10.2. The van der Waals surface area contributed by atoms with Crippen molar-refractivity contribution in [2.75, 3.05) is 7.11 Å². The second kappa shape index (κ2) is 8.33. The molecule has 8 nitrogen and oxygen atoms in total. The van der Waals surface area contributed by atoms with Crippen LogP contribution in [0.25, 0.3) is 0 Å². The molecule has 0 aliphatic rings. The van der Waals surface area contributed by atoms with Gasteiger partial charge in [0.2, 0.25) is 5.91 Å². The summed E-state index contributed by atoms with van der Waals surface area (Å²) in [4.78, 5) is 10.7. The van der Waals surface area contributed by atoms with Crippen LogP contribution in [0.4, 0.5) is 0 Å². The summed E-state index contributed by atoms with van der Waals surface area (Å²) in [5.41, 5.74) is 0.481. The van der Waals surface area contributed by atoms with Gasteiger partial charge in [-0.05, 0) is 48.0 Å². The summed E-state index contributed by atoms with van der Waals surface area (Å²) in [7, 11) is -7.23. The van der Waals surface area contributed by atoms with E-state index in [4.69, 9.17) is 4.74 Å². The number of hydrogen-bond acceptors (Lipinski definition) is 6. The van der Waals surface area contributed by atoms with Gasteiger partial charge in [-0.25, -0.2) is 16.8 Å². The highest BCUT2D eigenvalue weighted by atomic mass is 32.3. The van der Waals surface area contributed by atoms with E-state index in [1.165, 1.54) is 49.6 Å². The van der Waals surface area contributed by atoms with Crippen LogP contribution < -0.4 is 14.2 Å². The zero-order valence-corrected chi connectivity index (χ0v) is 16.0. The molecule has 0 fully saturated rings. The average Bonchev–Trinajstić information content (AvgIpc) is 2.65. The van der Waals surface area contributed by atoms with E-state index in [-0.39, 0.29) is 16.3 Å². The summed E-state index contributed by atoms with van der Waals surface area (Å²) in [6, 6.07) is 10.9. The molecule has 2 N–H and O–H groups in total. The standard InChI is InChI=1S/C17H18N2O6S2/c1-3-17(20)18-12-13-5-4-6-16(11-13)27(23,24)19-26(21,22)15-9-7-14(25-2)8-10-15/h3-11,19H,1,12H2,2H3,(H,18,20). The van der Waals surface area contributed by atoms with E-state index in [0.717, 1.165) is 6.08 Å². The number of ether oxygens (including phenoxy) is 1. The van der Waals surface area contributed by atoms with Crippen molar-refractivity contribution in [2.24, 2.45) is 0 Å². The van der Waals surface area contributed by atoms with Gasteiger partial charge >= 0.3 is 0 Å². The summed E-state index contributed by atoms with van der Waals surface area (Å²) in [6.07, 6.45) is 1.09. The van der Waals surface area contributed by atoms with Gasteiger partial charge < -0.3 is 10.1 Å². The molecule has 2 aromatic carbocycles. The zero-order chi connectivity index (χ0) is 20.1. The first kappa shape index (κ1) is 20.6. The van der Waals surface area contributed by atoms with Crippen molar-refractivity contribution in [3.8, 4) is 5.75 Å². The van der Waals surface area contributed by atoms with Crippen molar-refractivity contribution >= 4 is 26.0 Å². The Morgan fingerprint density at radius 2 is 1.67 bits per heavy atom. The fraction of sp³-hybridized carbons (Fsp3) is 0.118. The number of nitrogens with one attached hydrogen (secondary N) is 2. The number of hydrogen-bond donors (Lipinski definition) is 2. The smallest absolute Gasteiger partial charge is 0.253 e. The van der Waals surface area contributed by atoms with Crippen molar-refractivity contribution in [1.29, 1.82) is 0 Å². The summed E-state index contributed by atoms with van der Waals surface area (Å²) < 4.78 is 56.3. The predicted molar refractivity (Wildman–Crippen MR) is 99.0 cm³/mol. The SMILES string of the molecule is C=CC(=O)NCc1cccc(S(=O)(=O)NS(=O)(=O)c2ccc(OC)cc2)c1. The van der Waals surface area contributed by atoms with E-state index >= 15 is 0 Å². The van der Waals surface area contributed by atoms with Gasteiger partial charge in [0.1, 0.15) is 5.75 Å². The van der Waals surface area contributed by atoms with Crippen LogP contribution in [0.5, 0.6) is 5.75 Å². The second-order valence-corrected chi connectivity index (χ2v) is 8.96. The lowest BCUT2D eigenvalue weighted by molar-refractivity contribution is -0.116. The van der Waals surface area contributed by atoms with Crippen LogP contribution in [0.3, 0.4) is 0 Å². The van der Waals surface area contributed by atoms with Gasteiger partial charge in [0.05, 0.1) is 16.9 Å². The largest absolute Gasteiger partial charge is 0.497 e. The van der Waals surface area contributed by atoms with Crippen molar-refractivity contribution in [3.05, 3.63) is 66.7 Å². The van der Waals surface area contributed by atoms with Crippen LogP contribution in [-0.4, -0.2) is 29.9 Å². The molecule has 0 saturated carbocycles. The van der Waals surface area contributed by atoms with E-state index in [9.17, 15) is 21.6 Å². The minimum Gasteiger partial charge on any atom is -0.497 e. The minimum atomic E-state index is -4.35. The summed E-state index contributed by atoms with van der Waals surface area (Å²) in [6.45, 7) is 3.39. The van der Waals surface area contributed by atoms with Gasteiger partial charge in [-0.15, -0.1) is 4.13 Å². The number of benzene rings is 2. The van der Waals surface area contributed by atoms with Crippen molar-refractivity contribution in [1.82, 2.24) is 9.44 Å². The Hall–Kier alpha value is -2.69. The second-order valence-electron chi connectivity index (χ2n) is 5.34. The molecule has 2 aromatic rings. The molecule has 0 spiro atoms. The molecule has 0 atom stereocenters. The highest BCUT2D eigenvalue weighted by molar-refractivity contribution is 8.04. The van der Waals surface area contributed by atoms with Crippen LogP contribution in [-0.2, 0) is 31.4 Å². The maximum atomic E-state index is 12.5. The summed E-state index contributed by atoms with van der Waals surface area (Å²) >= 11 is 0. The van der Waals surface area contributed by atoms with E-state index in [1.807, 2.05) is 0 Å². The monoisotopic (exact) mass is 410 g/mol. The molecule has 0 aliphatic carbocycles. The quantitative estimate of drug-likeness (QED) is 0.631. The first-order chi connectivity index (χ1) is 12.7. The Labute approximate surface area is 158 Å². The van der Waals surface area contributed by atoms with Gasteiger partial charge in [-0.2, -0.15) is 0 Å². The van der Waals surface area contributed by atoms with Crippen LogP contribution >= 0.6 is 0 Å². The normalized spacial score (nSPS) is 11.6. The number of carbonyl (C=O) groups is 1. The first-order valence-corrected chi connectivity index (χ1v) is 10.6. The van der Waals surface area contributed by atoms with Crippen molar-refractivity contribution in [2.45, 2.75) is 16.3 Å². The molecule has 0 radical (unpaired) electrons. The molecule has 0 heterocycles. The lowest BCUT2D eigenvalue weighted by Gasteiger charge is -2.10. The lowest BCUT2D eigenvalue weighted by Crippen LogP contribution is -2.30. The molecule has 0 aliphatic heterocycles. The highest BCUT2D eigenvalue weighted by Gasteiger charge is 2.24. The molecule has 144 valence electrons. The molecule has 0 aromatic heterocycles. The topological polar surface area (TPSA) is 119 Å². The first-order valence-electron chi connectivity index (χ1n) is 7.60. The molecule has 0 unspecified atom stereocenters. The Morgan fingerprint density at radius 3 is 2.26 bits per heavy atom. The Morgan fingerprint density at radius 1 is 1.04 bits per heavy atom. The number of carbonyl (C=O) groups excluding carboxylic acids is 1. The minimum absolute atomic E-state index is 0.0689. The van der Waals surface area contributed by atoms with Crippen molar-refractivity contribution < 1.29 is 26.4 Å². The molecule has 2 rings (SSSR count). The maximum absolute atomic E-state index is 12.5. The molecule has 1 amide bonds. The van der Waals surface area contributed by atoms with E-state index in [2.05, 4.69) is 11.9 Å². The maximum Gasteiger partial charge on any atom is 0.253 e. The Bertz CT molecular complexity index is 1050. The van der Waals surface area contributed by atoms with E-state index in [0.29, 0.717) is 11.3 Å². The Balaban J connectivity index is 2.24. The summed E-state index contributed by atoms with van der Waals surface area (Å²) in [5, 5.41) is 2.51. The van der Waals surface area contributed by atoms with Gasteiger partial charge in [0, 0.05) is 6.54 Å². The number of rotatable bonds is 8. The van der Waals surface area contributed by atoms with Crippen LogP contribution in [0, 0.1) is 0 Å². The van der Waals surface area contributed by atoms with Gasteiger partial charge in [-0.3, -0.25) is 4.79 Å². The van der Waals surface area contributed by atoms with Gasteiger partial charge in [0.15, 0.2) is 0 Å². The fourth-order valence-electron chi connectivity index (χ4n) is 2.08. The van der Waals surface area contributed by atoms with Gasteiger partial charge in [0.25, 0.3) is 20.0 Å². The van der Waals surface area contributed by atoms with Crippen LogP contribution in [0.1, 0.15) is 5.56 Å². The molecule has 27 heavy (non-hydrogen) atoms. The third-order valence-corrected chi connectivity index (χ3v) is 6.97. The van der Waals surface area contributed by atoms with Crippen LogP contribution in [0.15, 0.2) is 71.0 Å².